The predicted molar refractivity (Wildman–Crippen MR) is 66.4 cm³/mol. The molecule has 17 heavy (non-hydrogen) atoms. The molecule has 0 radical (unpaired) electrons. The summed E-state index contributed by atoms with van der Waals surface area (Å²) < 4.78 is 1.01. The molecule has 90 valence electrons. The lowest BCUT2D eigenvalue weighted by Crippen LogP contribution is -2.15. The van der Waals surface area contributed by atoms with E-state index < -0.39 is 6.10 Å². The molecule has 1 heterocycles. The van der Waals surface area contributed by atoms with E-state index in [2.05, 4.69) is 31.3 Å². The first-order valence-corrected chi connectivity index (χ1v) is 6.08. The highest BCUT2D eigenvalue weighted by Gasteiger charge is 2.10. The summed E-state index contributed by atoms with van der Waals surface area (Å²) >= 11 is 3.40. The number of halogens is 1. The van der Waals surface area contributed by atoms with Crippen LogP contribution in [0.5, 0.6) is 0 Å². The van der Waals surface area contributed by atoms with Gasteiger partial charge in [0.25, 0.3) is 0 Å². The lowest BCUT2D eigenvalue weighted by Gasteiger charge is -2.08. The zero-order valence-electron chi connectivity index (χ0n) is 9.41. The van der Waals surface area contributed by atoms with Crippen LogP contribution in [0.25, 0.3) is 0 Å². The Balaban J connectivity index is 1.95. The second kappa shape index (κ2) is 5.37. The Bertz CT molecular complexity index is 500. The number of hydrogen-bond acceptors (Lipinski definition) is 4. The van der Waals surface area contributed by atoms with Gasteiger partial charge in [0.05, 0.1) is 13.2 Å². The van der Waals surface area contributed by atoms with Crippen LogP contribution >= 0.6 is 15.9 Å². The van der Waals surface area contributed by atoms with Crippen molar-refractivity contribution in [3.8, 4) is 0 Å². The van der Waals surface area contributed by atoms with Gasteiger partial charge in [-0.05, 0) is 29.3 Å². The molecule has 1 aromatic carbocycles. The third-order valence-electron chi connectivity index (χ3n) is 2.33. The van der Waals surface area contributed by atoms with E-state index in [9.17, 15) is 5.11 Å². The number of aliphatic hydroxyl groups excluding tert-OH is 1. The molecule has 5 nitrogen and oxygen atoms in total. The maximum atomic E-state index is 9.92. The molecule has 6 heteroatoms. The second-order valence-corrected chi connectivity index (χ2v) is 4.80. The van der Waals surface area contributed by atoms with E-state index in [-0.39, 0.29) is 0 Å². The third kappa shape index (κ3) is 3.61. The zero-order chi connectivity index (χ0) is 12.3. The van der Waals surface area contributed by atoms with Crippen LogP contribution in [0.2, 0.25) is 0 Å². The van der Waals surface area contributed by atoms with Gasteiger partial charge >= 0.3 is 0 Å². The maximum Gasteiger partial charge on any atom is 0.177 e. The number of benzene rings is 1. The molecule has 0 saturated heterocycles. The van der Waals surface area contributed by atoms with Crippen LogP contribution in [-0.4, -0.2) is 31.4 Å². The second-order valence-electron chi connectivity index (χ2n) is 3.89. The highest BCUT2D eigenvalue weighted by Crippen LogP contribution is 2.13. The Morgan fingerprint density at radius 2 is 2.24 bits per heavy atom. The van der Waals surface area contributed by atoms with E-state index in [0.29, 0.717) is 18.7 Å². The van der Waals surface area contributed by atoms with Crippen molar-refractivity contribution in [1.82, 2.24) is 20.2 Å². The van der Waals surface area contributed by atoms with Crippen LogP contribution in [0, 0.1) is 0 Å². The van der Waals surface area contributed by atoms with Crippen molar-refractivity contribution >= 4 is 15.9 Å². The van der Waals surface area contributed by atoms with Crippen LogP contribution in [-0.2, 0) is 19.9 Å². The molecule has 1 unspecified atom stereocenters. The molecule has 0 aliphatic rings. The first-order chi connectivity index (χ1) is 8.13. The number of aryl methyl sites for hydroxylation is 1. The van der Waals surface area contributed by atoms with Gasteiger partial charge in [-0.25, -0.2) is 0 Å². The fourth-order valence-electron chi connectivity index (χ4n) is 1.62. The first-order valence-electron chi connectivity index (χ1n) is 5.29. The highest BCUT2D eigenvalue weighted by molar-refractivity contribution is 9.10. The average molecular weight is 297 g/mol. The van der Waals surface area contributed by atoms with E-state index in [1.54, 1.807) is 7.05 Å². The molecule has 2 rings (SSSR count). The Labute approximate surface area is 108 Å². The summed E-state index contributed by atoms with van der Waals surface area (Å²) in [4.78, 5) is 1.39. The summed E-state index contributed by atoms with van der Waals surface area (Å²) in [6.07, 6.45) is 0.506. The number of aromatic nitrogens is 4. The normalized spacial score (nSPS) is 12.6. The minimum Gasteiger partial charge on any atom is -0.392 e. The molecule has 0 aliphatic carbocycles. The standard InChI is InChI=1S/C11H13BrN4O/c1-16-14-11(13-15-16)7-10(17)6-8-3-2-4-9(12)5-8/h2-5,10,17H,6-7H2,1H3. The maximum absolute atomic E-state index is 9.92. The SMILES string of the molecule is Cn1nnc(CC(O)Cc2cccc(Br)c2)n1. The van der Waals surface area contributed by atoms with Crippen molar-refractivity contribution < 1.29 is 5.11 Å². The minimum absolute atomic E-state index is 0.417. The fourth-order valence-corrected chi connectivity index (χ4v) is 2.07. The molecule has 2 aromatic rings. The van der Waals surface area contributed by atoms with Gasteiger partial charge in [-0.1, -0.05) is 28.1 Å². The van der Waals surface area contributed by atoms with Crippen LogP contribution < -0.4 is 0 Å². The molecule has 0 fully saturated rings. The molecule has 1 atom stereocenters. The summed E-state index contributed by atoms with van der Waals surface area (Å²) in [7, 11) is 1.71. The van der Waals surface area contributed by atoms with Gasteiger partial charge < -0.3 is 5.11 Å². The number of aliphatic hydroxyl groups is 1. The first kappa shape index (κ1) is 12.2. The predicted octanol–water partition coefficient (Wildman–Crippen LogP) is 1.12. The Hall–Kier alpha value is -1.27. The molecular weight excluding hydrogens is 284 g/mol. The van der Waals surface area contributed by atoms with E-state index in [1.807, 2.05) is 24.3 Å². The van der Waals surface area contributed by atoms with Gasteiger partial charge in [-0.15, -0.1) is 10.2 Å². The van der Waals surface area contributed by atoms with E-state index in [0.717, 1.165) is 10.0 Å². The smallest absolute Gasteiger partial charge is 0.177 e. The van der Waals surface area contributed by atoms with Gasteiger partial charge in [0.1, 0.15) is 0 Å². The molecule has 0 saturated carbocycles. The van der Waals surface area contributed by atoms with Crippen LogP contribution in [0.3, 0.4) is 0 Å². The Kier molecular flexibility index (Phi) is 3.86. The van der Waals surface area contributed by atoms with Gasteiger partial charge in [0, 0.05) is 10.9 Å². The minimum atomic E-state index is -0.492. The summed E-state index contributed by atoms with van der Waals surface area (Å²) in [6.45, 7) is 0. The zero-order valence-corrected chi connectivity index (χ0v) is 11.0. The van der Waals surface area contributed by atoms with Gasteiger partial charge in [-0.3, -0.25) is 0 Å². The lowest BCUT2D eigenvalue weighted by molar-refractivity contribution is 0.173. The van der Waals surface area contributed by atoms with Gasteiger partial charge in [0.2, 0.25) is 0 Å². The summed E-state index contributed by atoms with van der Waals surface area (Å²) in [5, 5.41) is 21.5. The van der Waals surface area contributed by atoms with Crippen molar-refractivity contribution in [3.05, 3.63) is 40.1 Å². The summed E-state index contributed by atoms with van der Waals surface area (Å²) in [5.74, 6) is 0.565. The molecule has 0 aliphatic heterocycles. The average Bonchev–Trinajstić information content (AvgIpc) is 2.63. The van der Waals surface area contributed by atoms with Crippen molar-refractivity contribution in [3.63, 3.8) is 0 Å². The van der Waals surface area contributed by atoms with E-state index in [1.165, 1.54) is 4.80 Å². The third-order valence-corrected chi connectivity index (χ3v) is 2.82. The number of rotatable bonds is 4. The molecule has 0 amide bonds. The van der Waals surface area contributed by atoms with E-state index >= 15 is 0 Å². The van der Waals surface area contributed by atoms with E-state index in [4.69, 9.17) is 0 Å². The Morgan fingerprint density at radius 1 is 1.41 bits per heavy atom. The monoisotopic (exact) mass is 296 g/mol. The fraction of sp³-hybridized carbons (Fsp3) is 0.364. The van der Waals surface area contributed by atoms with Crippen LogP contribution in [0.1, 0.15) is 11.4 Å². The van der Waals surface area contributed by atoms with Crippen molar-refractivity contribution in [2.45, 2.75) is 18.9 Å². The quantitative estimate of drug-likeness (QED) is 0.918. The van der Waals surface area contributed by atoms with Gasteiger partial charge in [-0.2, -0.15) is 4.80 Å². The Morgan fingerprint density at radius 3 is 2.88 bits per heavy atom. The molecule has 1 N–H and O–H groups in total. The lowest BCUT2D eigenvalue weighted by atomic mass is 10.1. The van der Waals surface area contributed by atoms with Crippen molar-refractivity contribution in [2.24, 2.45) is 7.05 Å². The van der Waals surface area contributed by atoms with Crippen LogP contribution in [0.4, 0.5) is 0 Å². The number of tetrazole rings is 1. The highest BCUT2D eigenvalue weighted by atomic mass is 79.9. The molecule has 1 aromatic heterocycles. The van der Waals surface area contributed by atoms with Crippen molar-refractivity contribution in [1.29, 1.82) is 0 Å². The number of hydrogen-bond donors (Lipinski definition) is 1. The largest absolute Gasteiger partial charge is 0.392 e. The molecule has 0 spiro atoms. The molecule has 0 bridgehead atoms. The van der Waals surface area contributed by atoms with Gasteiger partial charge in [0.15, 0.2) is 5.82 Å². The summed E-state index contributed by atoms with van der Waals surface area (Å²) in [6, 6.07) is 7.89. The van der Waals surface area contributed by atoms with Crippen LogP contribution in [0.15, 0.2) is 28.7 Å². The summed E-state index contributed by atoms with van der Waals surface area (Å²) in [5.41, 5.74) is 1.08. The topological polar surface area (TPSA) is 63.8 Å². The number of nitrogens with zero attached hydrogens (tertiary/aromatic N) is 4. The molecular formula is C11H13BrN4O. The van der Waals surface area contributed by atoms with Crippen molar-refractivity contribution in [2.75, 3.05) is 0 Å².